The molecule has 1 saturated carbocycles. The van der Waals surface area contributed by atoms with Crippen molar-refractivity contribution in [2.75, 3.05) is 6.54 Å². The Kier molecular flexibility index (Phi) is 2.08. The predicted molar refractivity (Wildman–Crippen MR) is 54.3 cm³/mol. The van der Waals surface area contributed by atoms with E-state index in [1.165, 1.54) is 12.0 Å². The van der Waals surface area contributed by atoms with E-state index >= 15 is 0 Å². The molecule has 1 aromatic rings. The topological polar surface area (TPSA) is 26.0 Å². The summed E-state index contributed by atoms with van der Waals surface area (Å²) in [4.78, 5) is 0. The molecule has 13 heavy (non-hydrogen) atoms. The van der Waals surface area contributed by atoms with Crippen molar-refractivity contribution in [2.24, 2.45) is 11.7 Å². The first-order chi connectivity index (χ1) is 6.35. The third kappa shape index (κ3) is 1.59. The Morgan fingerprint density at radius 2 is 2.38 bits per heavy atom. The van der Waals surface area contributed by atoms with Crippen LogP contribution >= 0.6 is 0 Å². The molecule has 0 amide bonds. The molecule has 0 spiro atoms. The monoisotopic (exact) mass is 171 g/mol. The Labute approximate surface area is 79.0 Å². The van der Waals surface area contributed by atoms with E-state index in [2.05, 4.69) is 18.1 Å². The van der Waals surface area contributed by atoms with Crippen LogP contribution in [0.4, 0.5) is 0 Å². The Morgan fingerprint density at radius 3 is 3.00 bits per heavy atom. The molecule has 66 valence electrons. The van der Waals surface area contributed by atoms with Gasteiger partial charge >= 0.3 is 0 Å². The second-order valence-corrected chi connectivity index (χ2v) is 3.61. The summed E-state index contributed by atoms with van der Waals surface area (Å²) in [7, 11) is 0. The SMILES string of the molecule is C#Cc1cccc([C@@H]2C[C@H]2CN)c1. The molecular weight excluding hydrogens is 158 g/mol. The van der Waals surface area contributed by atoms with E-state index in [1.807, 2.05) is 12.1 Å². The van der Waals surface area contributed by atoms with Crippen molar-refractivity contribution in [3.05, 3.63) is 35.4 Å². The highest BCUT2D eigenvalue weighted by Gasteiger charge is 2.36. The van der Waals surface area contributed by atoms with Crippen molar-refractivity contribution >= 4 is 0 Å². The molecule has 0 aliphatic heterocycles. The van der Waals surface area contributed by atoms with E-state index in [4.69, 9.17) is 12.2 Å². The molecule has 1 fully saturated rings. The van der Waals surface area contributed by atoms with Gasteiger partial charge in [-0.2, -0.15) is 0 Å². The zero-order valence-corrected chi connectivity index (χ0v) is 7.53. The summed E-state index contributed by atoms with van der Waals surface area (Å²) < 4.78 is 0. The zero-order valence-electron chi connectivity index (χ0n) is 7.53. The van der Waals surface area contributed by atoms with Crippen LogP contribution in [0.3, 0.4) is 0 Å². The molecule has 2 N–H and O–H groups in total. The molecule has 0 bridgehead atoms. The van der Waals surface area contributed by atoms with Crippen molar-refractivity contribution in [1.82, 2.24) is 0 Å². The lowest BCUT2D eigenvalue weighted by Gasteiger charge is -1.99. The third-order valence-corrected chi connectivity index (χ3v) is 2.71. The van der Waals surface area contributed by atoms with Crippen LogP contribution in [0.5, 0.6) is 0 Å². The zero-order chi connectivity index (χ0) is 9.26. The highest BCUT2D eigenvalue weighted by molar-refractivity contribution is 5.38. The summed E-state index contributed by atoms with van der Waals surface area (Å²) in [6, 6.07) is 8.22. The molecule has 0 heterocycles. The second-order valence-electron chi connectivity index (χ2n) is 3.61. The molecule has 0 radical (unpaired) electrons. The lowest BCUT2D eigenvalue weighted by Crippen LogP contribution is -2.01. The number of hydrogen-bond donors (Lipinski definition) is 1. The highest BCUT2D eigenvalue weighted by Crippen LogP contribution is 2.46. The lowest BCUT2D eigenvalue weighted by atomic mass is 10.1. The van der Waals surface area contributed by atoms with Crippen LogP contribution in [0.25, 0.3) is 0 Å². The molecule has 0 unspecified atom stereocenters. The Morgan fingerprint density at radius 1 is 1.54 bits per heavy atom. The lowest BCUT2D eigenvalue weighted by molar-refractivity contribution is 0.809. The molecule has 2 rings (SSSR count). The molecule has 1 heteroatoms. The highest BCUT2D eigenvalue weighted by atomic mass is 14.6. The van der Waals surface area contributed by atoms with E-state index < -0.39 is 0 Å². The van der Waals surface area contributed by atoms with Gasteiger partial charge in [0.2, 0.25) is 0 Å². The second kappa shape index (κ2) is 3.24. The summed E-state index contributed by atoms with van der Waals surface area (Å²) in [5, 5.41) is 0. The van der Waals surface area contributed by atoms with Crippen molar-refractivity contribution in [1.29, 1.82) is 0 Å². The first-order valence-electron chi connectivity index (χ1n) is 4.62. The maximum absolute atomic E-state index is 5.59. The number of terminal acetylenes is 1. The quantitative estimate of drug-likeness (QED) is 0.674. The van der Waals surface area contributed by atoms with Gasteiger partial charge in [0.25, 0.3) is 0 Å². The van der Waals surface area contributed by atoms with Crippen LogP contribution in [0, 0.1) is 18.3 Å². The fourth-order valence-corrected chi connectivity index (χ4v) is 1.78. The van der Waals surface area contributed by atoms with E-state index in [0.717, 1.165) is 12.1 Å². The maximum atomic E-state index is 5.59. The van der Waals surface area contributed by atoms with Crippen LogP contribution in [-0.4, -0.2) is 6.54 Å². The van der Waals surface area contributed by atoms with Gasteiger partial charge in [-0.05, 0) is 42.5 Å². The van der Waals surface area contributed by atoms with Crippen molar-refractivity contribution < 1.29 is 0 Å². The summed E-state index contributed by atoms with van der Waals surface area (Å²) in [6.45, 7) is 0.797. The fraction of sp³-hybridized carbons (Fsp3) is 0.333. The minimum atomic E-state index is 0.665. The summed E-state index contributed by atoms with van der Waals surface area (Å²) in [5.41, 5.74) is 7.92. The van der Waals surface area contributed by atoms with Crippen LogP contribution in [0.2, 0.25) is 0 Å². The van der Waals surface area contributed by atoms with Crippen molar-refractivity contribution in [3.8, 4) is 12.3 Å². The van der Waals surface area contributed by atoms with E-state index in [9.17, 15) is 0 Å². The summed E-state index contributed by atoms with van der Waals surface area (Å²) in [6.07, 6.45) is 6.56. The number of rotatable bonds is 2. The van der Waals surface area contributed by atoms with Gasteiger partial charge in [0, 0.05) is 5.56 Å². The van der Waals surface area contributed by atoms with Gasteiger partial charge in [-0.25, -0.2) is 0 Å². The summed E-state index contributed by atoms with van der Waals surface area (Å²) in [5.74, 6) is 4.00. The predicted octanol–water partition coefficient (Wildman–Crippen LogP) is 1.73. The van der Waals surface area contributed by atoms with Crippen LogP contribution in [0.1, 0.15) is 23.5 Å². The maximum Gasteiger partial charge on any atom is 0.0245 e. The van der Waals surface area contributed by atoms with Crippen molar-refractivity contribution in [2.45, 2.75) is 12.3 Å². The normalized spacial score (nSPS) is 25.2. The van der Waals surface area contributed by atoms with Gasteiger partial charge in [-0.15, -0.1) is 6.42 Å². The van der Waals surface area contributed by atoms with Crippen LogP contribution < -0.4 is 5.73 Å². The summed E-state index contributed by atoms with van der Waals surface area (Å²) >= 11 is 0. The Hall–Kier alpha value is -1.26. The number of benzene rings is 1. The minimum absolute atomic E-state index is 0.665. The Bertz CT molecular complexity index is 348. The van der Waals surface area contributed by atoms with Crippen LogP contribution in [-0.2, 0) is 0 Å². The third-order valence-electron chi connectivity index (χ3n) is 2.71. The van der Waals surface area contributed by atoms with Crippen molar-refractivity contribution in [3.63, 3.8) is 0 Å². The van der Waals surface area contributed by atoms with E-state index in [-0.39, 0.29) is 0 Å². The first-order valence-corrected chi connectivity index (χ1v) is 4.62. The Balaban J connectivity index is 2.19. The molecule has 2 atom stereocenters. The van der Waals surface area contributed by atoms with Crippen LogP contribution in [0.15, 0.2) is 24.3 Å². The minimum Gasteiger partial charge on any atom is -0.330 e. The average Bonchev–Trinajstić information content (AvgIpc) is 2.97. The van der Waals surface area contributed by atoms with Gasteiger partial charge in [0.15, 0.2) is 0 Å². The molecule has 1 aromatic carbocycles. The number of hydrogen-bond acceptors (Lipinski definition) is 1. The van der Waals surface area contributed by atoms with Gasteiger partial charge in [0.05, 0.1) is 0 Å². The van der Waals surface area contributed by atoms with E-state index in [0.29, 0.717) is 11.8 Å². The van der Waals surface area contributed by atoms with Gasteiger partial charge in [-0.1, -0.05) is 18.1 Å². The average molecular weight is 171 g/mol. The number of nitrogens with two attached hydrogens (primary N) is 1. The fourth-order valence-electron chi connectivity index (χ4n) is 1.78. The molecule has 0 saturated heterocycles. The standard InChI is InChI=1S/C12H13N/c1-2-9-4-3-5-10(6-9)12-7-11(12)8-13/h1,3-6,11-12H,7-8,13H2/t11-,12-/m0/s1. The molecule has 0 aromatic heterocycles. The van der Waals surface area contributed by atoms with Gasteiger partial charge in [0.1, 0.15) is 0 Å². The molecule has 1 nitrogen and oxygen atoms in total. The first kappa shape index (κ1) is 8.34. The molecule has 1 aliphatic rings. The largest absolute Gasteiger partial charge is 0.330 e. The molecule has 1 aliphatic carbocycles. The van der Waals surface area contributed by atoms with Gasteiger partial charge in [-0.3, -0.25) is 0 Å². The van der Waals surface area contributed by atoms with Gasteiger partial charge < -0.3 is 5.73 Å². The van der Waals surface area contributed by atoms with E-state index in [1.54, 1.807) is 0 Å². The molecular formula is C12H13N. The smallest absolute Gasteiger partial charge is 0.0245 e.